The van der Waals surface area contributed by atoms with Crippen LogP contribution >= 0.6 is 7.37 Å². The molecule has 0 aliphatic carbocycles. The molecule has 0 aromatic carbocycles. The maximum absolute atomic E-state index is 12.1. The average Bonchev–Trinajstić information content (AvgIpc) is 3.08. The first kappa shape index (κ1) is 19.9. The first-order valence-electron chi connectivity index (χ1n) is 8.11. The van der Waals surface area contributed by atoms with Crippen LogP contribution in [-0.4, -0.2) is 71.6 Å². The van der Waals surface area contributed by atoms with Gasteiger partial charge in [-0.25, -0.2) is 4.98 Å². The highest BCUT2D eigenvalue weighted by molar-refractivity contribution is 7.58. The average molecular weight is 403 g/mol. The molecular weight excluding hydrogens is 381 g/mol. The highest BCUT2D eigenvalue weighted by atomic mass is 31.2. The van der Waals surface area contributed by atoms with E-state index in [4.69, 9.17) is 15.2 Å². The third-order valence-electron chi connectivity index (χ3n) is 4.64. The topological polar surface area (TPSA) is 186 Å². The number of imidazole rings is 1. The monoisotopic (exact) mass is 403 g/mol. The number of hydrogen-bond acceptors (Lipinski definition) is 9. The van der Waals surface area contributed by atoms with Gasteiger partial charge in [0.15, 0.2) is 17.4 Å². The third-order valence-corrected chi connectivity index (χ3v) is 6.74. The molecule has 12 nitrogen and oxygen atoms in total. The Labute approximate surface area is 153 Å². The van der Waals surface area contributed by atoms with Crippen molar-refractivity contribution in [1.29, 1.82) is 0 Å². The number of aromatic nitrogens is 4. The van der Waals surface area contributed by atoms with Gasteiger partial charge in [-0.15, -0.1) is 0 Å². The quantitative estimate of drug-likeness (QED) is 0.387. The Balaban J connectivity index is 1.98. The van der Waals surface area contributed by atoms with Crippen LogP contribution in [0.5, 0.6) is 0 Å². The van der Waals surface area contributed by atoms with E-state index in [1.807, 2.05) is 0 Å². The summed E-state index contributed by atoms with van der Waals surface area (Å²) < 4.78 is 24.7. The van der Waals surface area contributed by atoms with E-state index in [-0.39, 0.29) is 17.1 Å². The molecule has 1 aliphatic rings. The van der Waals surface area contributed by atoms with Gasteiger partial charge in [-0.1, -0.05) is 0 Å². The van der Waals surface area contributed by atoms with Gasteiger partial charge >= 0.3 is 0 Å². The minimum Gasteiger partial charge on any atom is -0.394 e. The van der Waals surface area contributed by atoms with E-state index in [9.17, 15) is 24.5 Å². The smallest absolute Gasteiger partial charge is 0.280 e. The summed E-state index contributed by atoms with van der Waals surface area (Å²) in [6.45, 7) is 3.47. The van der Waals surface area contributed by atoms with Crippen LogP contribution in [0.25, 0.3) is 11.2 Å². The Morgan fingerprint density at radius 1 is 1.52 bits per heavy atom. The molecule has 1 aliphatic heterocycles. The number of fused-ring (bicyclic) bond motifs is 1. The van der Waals surface area contributed by atoms with Crippen LogP contribution in [0.4, 0.5) is 5.95 Å². The van der Waals surface area contributed by atoms with E-state index < -0.39 is 49.4 Å². The molecule has 0 radical (unpaired) electrons. The molecule has 2 aromatic rings. The SMILES string of the molecule is CC(C)(OC1C(O)[C@H](n2cnc3c(=O)[nH]c(N)nc32)O[C@@H]1CO)P(C)(=O)O. The van der Waals surface area contributed by atoms with E-state index in [1.54, 1.807) is 0 Å². The predicted octanol–water partition coefficient (Wildman–Crippen LogP) is -1.03. The van der Waals surface area contributed by atoms with Crippen molar-refractivity contribution in [3.8, 4) is 0 Å². The largest absolute Gasteiger partial charge is 0.394 e. The maximum atomic E-state index is 12.1. The minimum atomic E-state index is -3.68. The van der Waals surface area contributed by atoms with Crippen LogP contribution in [0.2, 0.25) is 0 Å². The fourth-order valence-electron chi connectivity index (χ4n) is 2.80. The Hall–Kier alpha value is -1.82. The molecule has 27 heavy (non-hydrogen) atoms. The zero-order chi connectivity index (χ0) is 20.1. The molecule has 2 aromatic heterocycles. The van der Waals surface area contributed by atoms with Gasteiger partial charge in [0.25, 0.3) is 5.56 Å². The summed E-state index contributed by atoms with van der Waals surface area (Å²) in [5.74, 6) is -0.137. The fourth-order valence-corrected chi connectivity index (χ4v) is 3.12. The second kappa shape index (κ2) is 6.66. The molecule has 0 amide bonds. The van der Waals surface area contributed by atoms with Crippen molar-refractivity contribution in [2.24, 2.45) is 0 Å². The maximum Gasteiger partial charge on any atom is 0.280 e. The summed E-state index contributed by atoms with van der Waals surface area (Å²) in [5.41, 5.74) is 5.09. The summed E-state index contributed by atoms with van der Waals surface area (Å²) >= 11 is 0. The van der Waals surface area contributed by atoms with Gasteiger partial charge in [0.05, 0.1) is 12.9 Å². The zero-order valence-electron chi connectivity index (χ0n) is 14.9. The summed E-state index contributed by atoms with van der Waals surface area (Å²) in [6, 6.07) is 0. The molecule has 1 fully saturated rings. The Morgan fingerprint density at radius 2 is 2.19 bits per heavy atom. The highest BCUT2D eigenvalue weighted by Crippen LogP contribution is 2.53. The van der Waals surface area contributed by atoms with E-state index in [2.05, 4.69) is 15.0 Å². The number of nitrogens with two attached hydrogens (primary N) is 1. The number of hydrogen-bond donors (Lipinski definition) is 5. The lowest BCUT2D eigenvalue weighted by Crippen LogP contribution is -2.42. The molecule has 5 atom stereocenters. The molecule has 6 N–H and O–H groups in total. The molecular formula is C14H22N5O7P. The van der Waals surface area contributed by atoms with Gasteiger partial charge in [-0.2, -0.15) is 4.98 Å². The van der Waals surface area contributed by atoms with Crippen LogP contribution in [-0.2, 0) is 14.0 Å². The molecule has 13 heteroatoms. The summed E-state index contributed by atoms with van der Waals surface area (Å²) in [6.07, 6.45) is -3.28. The van der Waals surface area contributed by atoms with Crippen molar-refractivity contribution in [1.82, 2.24) is 19.5 Å². The van der Waals surface area contributed by atoms with Crippen molar-refractivity contribution >= 4 is 24.5 Å². The van der Waals surface area contributed by atoms with Crippen LogP contribution in [0, 0.1) is 0 Å². The van der Waals surface area contributed by atoms with Crippen LogP contribution < -0.4 is 11.3 Å². The lowest BCUT2D eigenvalue weighted by Gasteiger charge is -2.33. The van der Waals surface area contributed by atoms with E-state index >= 15 is 0 Å². The second-order valence-corrected chi connectivity index (χ2v) is 9.76. The standard InChI is InChI=1S/C14H22N5O7P/c1-14(2,27(3,23)24)26-9-6(4-20)25-12(8(9)21)19-5-16-7-10(19)17-13(15)18-11(7)22/h5-6,8-9,12,20-21H,4H2,1-3H3,(H,23,24)(H3,15,17,18,22)/t6-,8?,9?,12-/m1/s1. The highest BCUT2D eigenvalue weighted by Gasteiger charge is 2.50. The lowest BCUT2D eigenvalue weighted by atomic mass is 10.1. The summed E-state index contributed by atoms with van der Waals surface area (Å²) in [4.78, 5) is 32.1. The second-order valence-electron chi connectivity index (χ2n) is 6.92. The number of anilines is 1. The normalized spacial score (nSPS) is 28.5. The van der Waals surface area contributed by atoms with Gasteiger partial charge in [0.1, 0.15) is 23.7 Å². The summed E-state index contributed by atoms with van der Waals surface area (Å²) in [5, 5.41) is 18.8. The number of H-pyrrole nitrogens is 1. The lowest BCUT2D eigenvalue weighted by molar-refractivity contribution is -0.0975. The molecule has 1 saturated heterocycles. The molecule has 3 rings (SSSR count). The van der Waals surface area contributed by atoms with Crippen molar-refractivity contribution < 1.29 is 29.1 Å². The molecule has 150 valence electrons. The third kappa shape index (κ3) is 3.40. The van der Waals surface area contributed by atoms with Gasteiger partial charge < -0.3 is 30.3 Å². The first-order chi connectivity index (χ1) is 12.5. The molecule has 0 bridgehead atoms. The van der Waals surface area contributed by atoms with Crippen molar-refractivity contribution in [2.45, 2.75) is 43.7 Å². The number of nitrogens with one attached hydrogen (secondary N) is 1. The van der Waals surface area contributed by atoms with Gasteiger partial charge in [-0.05, 0) is 13.8 Å². The number of nitrogens with zero attached hydrogens (tertiary/aromatic N) is 3. The van der Waals surface area contributed by atoms with Crippen LogP contribution in [0.15, 0.2) is 11.1 Å². The molecule has 3 unspecified atom stereocenters. The number of nitrogen functional groups attached to an aromatic ring is 1. The zero-order valence-corrected chi connectivity index (χ0v) is 15.8. The molecule has 3 heterocycles. The number of aromatic amines is 1. The predicted molar refractivity (Wildman–Crippen MR) is 94.3 cm³/mol. The Morgan fingerprint density at radius 3 is 2.78 bits per heavy atom. The van der Waals surface area contributed by atoms with Crippen LogP contribution in [0.1, 0.15) is 20.1 Å². The van der Waals surface area contributed by atoms with E-state index in [1.165, 1.54) is 24.7 Å². The van der Waals surface area contributed by atoms with E-state index in [0.717, 1.165) is 6.66 Å². The van der Waals surface area contributed by atoms with Crippen molar-refractivity contribution in [3.05, 3.63) is 16.7 Å². The van der Waals surface area contributed by atoms with Crippen molar-refractivity contribution in [2.75, 3.05) is 19.0 Å². The summed E-state index contributed by atoms with van der Waals surface area (Å²) in [7, 11) is -3.68. The van der Waals surface area contributed by atoms with Crippen molar-refractivity contribution in [3.63, 3.8) is 0 Å². The Kier molecular flexibility index (Phi) is 4.91. The fraction of sp³-hybridized carbons (Fsp3) is 0.643. The van der Waals surface area contributed by atoms with Crippen LogP contribution in [0.3, 0.4) is 0 Å². The minimum absolute atomic E-state index is 0.00124. The number of aliphatic hydroxyl groups excluding tert-OH is 2. The number of ether oxygens (including phenoxy) is 2. The van der Waals surface area contributed by atoms with Gasteiger partial charge in [0, 0.05) is 6.66 Å². The molecule has 0 saturated carbocycles. The Bertz CT molecular complexity index is 951. The van der Waals surface area contributed by atoms with E-state index in [0.29, 0.717) is 0 Å². The number of aliphatic hydroxyl groups is 2. The van der Waals surface area contributed by atoms with Gasteiger partial charge in [-0.3, -0.25) is 18.9 Å². The number of rotatable bonds is 5. The molecule has 0 spiro atoms. The van der Waals surface area contributed by atoms with Gasteiger partial charge in [0.2, 0.25) is 13.3 Å². The first-order valence-corrected chi connectivity index (χ1v) is 10.2.